The van der Waals surface area contributed by atoms with E-state index in [0.29, 0.717) is 23.3 Å². The van der Waals surface area contributed by atoms with Crippen molar-refractivity contribution in [2.45, 2.75) is 88.0 Å². The van der Waals surface area contributed by atoms with Crippen LogP contribution < -0.4 is 0 Å². The lowest BCUT2D eigenvalue weighted by Crippen LogP contribution is -2.62. The number of ether oxygens (including phenoxy) is 6. The molecule has 0 radical (unpaired) electrons. The normalized spacial score (nSPS) is 21.6. The van der Waals surface area contributed by atoms with E-state index >= 15 is 0 Å². The molecule has 6 rings (SSSR count). The van der Waals surface area contributed by atoms with E-state index in [1.54, 1.807) is 91.0 Å². The molecule has 1 heterocycles. The highest BCUT2D eigenvalue weighted by atomic mass is 32.2. The number of carbonyl (C=O) groups is 4. The van der Waals surface area contributed by atoms with Crippen molar-refractivity contribution in [2.24, 2.45) is 5.92 Å². The van der Waals surface area contributed by atoms with Crippen LogP contribution in [0.1, 0.15) is 82.1 Å². The van der Waals surface area contributed by atoms with Gasteiger partial charge < -0.3 is 28.4 Å². The van der Waals surface area contributed by atoms with Crippen molar-refractivity contribution in [1.29, 1.82) is 0 Å². The van der Waals surface area contributed by atoms with Gasteiger partial charge in [0.2, 0.25) is 0 Å². The molecule has 2 fully saturated rings. The second kappa shape index (κ2) is 20.8. The molecule has 2 aliphatic rings. The maximum Gasteiger partial charge on any atom is 0.338 e. The van der Waals surface area contributed by atoms with Gasteiger partial charge in [0.05, 0.1) is 16.7 Å². The second-order valence-electron chi connectivity index (χ2n) is 13.9. The summed E-state index contributed by atoms with van der Waals surface area (Å²) < 4.78 is 37.6. The topological polar surface area (TPSA) is 124 Å². The van der Waals surface area contributed by atoms with Crippen LogP contribution in [0.4, 0.5) is 0 Å². The third kappa shape index (κ3) is 11.3. The number of rotatable bonds is 16. The molecule has 56 heavy (non-hydrogen) atoms. The Labute approximate surface area is 332 Å². The maximum absolute atomic E-state index is 14.2. The third-order valence-electron chi connectivity index (χ3n) is 9.90. The Kier molecular flexibility index (Phi) is 15.1. The standard InChI is InChI=1S/C45H48O10S/c1-2-56-45-40(55-43(48)35-26-16-7-17-27-35)39(52-36(28-31-18-8-3-9-19-31)44(49)50-29-32-20-10-4-11-21-32)38(54-42(47)34-24-14-6-15-25-34)37(53-45)30-51-41(46)33-22-12-5-13-23-33/h4-7,10-17,20-27,31,36-40,45H,2-3,8-9,18-19,28-30H2,1H3/t36-,37?,38?,39?,40?,45?/m0/s1. The Morgan fingerprint density at radius 1 is 0.643 bits per heavy atom. The number of esters is 4. The first-order chi connectivity index (χ1) is 27.4. The number of hydrogen-bond acceptors (Lipinski definition) is 11. The van der Waals surface area contributed by atoms with Crippen LogP contribution in [-0.2, 0) is 39.8 Å². The van der Waals surface area contributed by atoms with Crippen molar-refractivity contribution in [3.63, 3.8) is 0 Å². The van der Waals surface area contributed by atoms with E-state index in [4.69, 9.17) is 28.4 Å². The molecule has 4 aromatic rings. The Bertz CT molecular complexity index is 1840. The monoisotopic (exact) mass is 780 g/mol. The summed E-state index contributed by atoms with van der Waals surface area (Å²) in [5.74, 6) is -1.80. The number of thioether (sulfide) groups is 1. The lowest BCUT2D eigenvalue weighted by Gasteiger charge is -2.45. The molecule has 11 heteroatoms. The van der Waals surface area contributed by atoms with Gasteiger partial charge in [-0.2, -0.15) is 0 Å². The van der Waals surface area contributed by atoms with Crippen molar-refractivity contribution in [1.82, 2.24) is 0 Å². The summed E-state index contributed by atoms with van der Waals surface area (Å²) in [7, 11) is 0. The molecule has 294 valence electrons. The number of carbonyl (C=O) groups excluding carboxylic acids is 4. The molecule has 1 saturated heterocycles. The van der Waals surface area contributed by atoms with E-state index in [2.05, 4.69) is 0 Å². The largest absolute Gasteiger partial charge is 0.459 e. The second-order valence-corrected chi connectivity index (χ2v) is 15.2. The molecule has 5 unspecified atom stereocenters. The summed E-state index contributed by atoms with van der Waals surface area (Å²) in [5, 5.41) is 0. The van der Waals surface area contributed by atoms with Crippen molar-refractivity contribution in [3.8, 4) is 0 Å². The lowest BCUT2D eigenvalue weighted by molar-refractivity contribution is -0.235. The van der Waals surface area contributed by atoms with E-state index in [0.717, 1.165) is 37.7 Å². The molecule has 0 N–H and O–H groups in total. The van der Waals surface area contributed by atoms with Crippen molar-refractivity contribution < 1.29 is 47.6 Å². The fraction of sp³-hybridized carbons (Fsp3) is 0.378. The summed E-state index contributed by atoms with van der Waals surface area (Å²) in [6, 6.07) is 34.8. The molecule has 0 aromatic heterocycles. The highest BCUT2D eigenvalue weighted by Gasteiger charge is 2.53. The Morgan fingerprint density at radius 2 is 1.16 bits per heavy atom. The van der Waals surface area contributed by atoms with Gasteiger partial charge in [-0.05, 0) is 60.1 Å². The van der Waals surface area contributed by atoms with Crippen LogP contribution in [0.2, 0.25) is 0 Å². The fourth-order valence-corrected chi connectivity index (χ4v) is 7.97. The summed E-state index contributed by atoms with van der Waals surface area (Å²) in [6.45, 7) is 1.63. The van der Waals surface area contributed by atoms with E-state index in [-0.39, 0.29) is 24.7 Å². The minimum absolute atomic E-state index is 0.0309. The molecular weight excluding hydrogens is 733 g/mol. The van der Waals surface area contributed by atoms with Crippen molar-refractivity contribution in [2.75, 3.05) is 12.4 Å². The van der Waals surface area contributed by atoms with Crippen LogP contribution in [0, 0.1) is 5.92 Å². The molecule has 0 spiro atoms. The van der Waals surface area contributed by atoms with Crippen LogP contribution in [0.25, 0.3) is 0 Å². The van der Waals surface area contributed by atoms with Gasteiger partial charge in [0.15, 0.2) is 18.3 Å². The van der Waals surface area contributed by atoms with Crippen LogP contribution in [0.5, 0.6) is 0 Å². The van der Waals surface area contributed by atoms with E-state index in [1.807, 2.05) is 37.3 Å². The average molecular weight is 781 g/mol. The lowest BCUT2D eigenvalue weighted by atomic mass is 9.85. The van der Waals surface area contributed by atoms with Gasteiger partial charge in [-0.1, -0.05) is 124 Å². The maximum atomic E-state index is 14.2. The average Bonchev–Trinajstić information content (AvgIpc) is 3.25. The number of hydrogen-bond donors (Lipinski definition) is 0. The summed E-state index contributed by atoms with van der Waals surface area (Å²) in [6.07, 6.45) is -0.521. The minimum atomic E-state index is -1.30. The van der Waals surface area contributed by atoms with Crippen molar-refractivity contribution in [3.05, 3.63) is 144 Å². The molecule has 0 bridgehead atoms. The van der Waals surface area contributed by atoms with Crippen LogP contribution in [0.15, 0.2) is 121 Å². The van der Waals surface area contributed by atoms with Crippen LogP contribution in [0.3, 0.4) is 0 Å². The van der Waals surface area contributed by atoms with Gasteiger partial charge in [-0.15, -0.1) is 11.8 Å². The highest BCUT2D eigenvalue weighted by molar-refractivity contribution is 7.99. The summed E-state index contributed by atoms with van der Waals surface area (Å²) in [4.78, 5) is 55.0. The molecule has 1 aliphatic heterocycles. The molecule has 1 aliphatic carbocycles. The first kappa shape index (κ1) is 40.7. The van der Waals surface area contributed by atoms with E-state index in [9.17, 15) is 19.2 Å². The summed E-state index contributed by atoms with van der Waals surface area (Å²) in [5.41, 5.74) is 0.837. The molecule has 4 aromatic carbocycles. The Morgan fingerprint density at radius 3 is 1.71 bits per heavy atom. The number of benzene rings is 4. The predicted octanol–water partition coefficient (Wildman–Crippen LogP) is 8.24. The minimum Gasteiger partial charge on any atom is -0.459 e. The van der Waals surface area contributed by atoms with Crippen LogP contribution in [-0.4, -0.2) is 72.2 Å². The SMILES string of the molecule is CCSC1OC(COC(=O)c2ccccc2)C(OC(=O)c2ccccc2)C(O[C@@H](CC2CCCCC2)C(=O)OCc2ccccc2)C1OC(=O)c1ccccc1. The quantitative estimate of drug-likeness (QED) is 0.0807. The van der Waals surface area contributed by atoms with Gasteiger partial charge in [0.25, 0.3) is 0 Å². The highest BCUT2D eigenvalue weighted by Crippen LogP contribution is 2.37. The Hall–Kier alpha value is -4.97. The molecule has 0 amide bonds. The van der Waals surface area contributed by atoms with Crippen molar-refractivity contribution >= 4 is 35.6 Å². The first-order valence-corrected chi connectivity index (χ1v) is 20.3. The predicted molar refractivity (Wildman–Crippen MR) is 211 cm³/mol. The van der Waals surface area contributed by atoms with E-state index < -0.39 is 59.8 Å². The van der Waals surface area contributed by atoms with Gasteiger partial charge >= 0.3 is 23.9 Å². The van der Waals surface area contributed by atoms with Crippen LogP contribution >= 0.6 is 11.8 Å². The van der Waals surface area contributed by atoms with E-state index in [1.165, 1.54) is 11.8 Å². The van der Waals surface area contributed by atoms with Gasteiger partial charge in [0, 0.05) is 0 Å². The van der Waals surface area contributed by atoms with Gasteiger partial charge in [-0.25, -0.2) is 19.2 Å². The van der Waals surface area contributed by atoms with Gasteiger partial charge in [-0.3, -0.25) is 0 Å². The van der Waals surface area contributed by atoms with Gasteiger partial charge in [0.1, 0.15) is 30.9 Å². The summed E-state index contributed by atoms with van der Waals surface area (Å²) >= 11 is 1.36. The zero-order chi connectivity index (χ0) is 39.1. The molecule has 1 saturated carbocycles. The molecule has 6 atom stereocenters. The smallest absolute Gasteiger partial charge is 0.338 e. The molecule has 10 nitrogen and oxygen atoms in total. The zero-order valence-corrected chi connectivity index (χ0v) is 32.3. The first-order valence-electron chi connectivity index (χ1n) is 19.3. The molecular formula is C45H48O10S. The third-order valence-corrected chi connectivity index (χ3v) is 10.9. The zero-order valence-electron chi connectivity index (χ0n) is 31.4. The fourth-order valence-electron chi connectivity index (χ4n) is 7.02. The Balaban J connectivity index is 1.38.